The molecule has 0 spiro atoms. The lowest BCUT2D eigenvalue weighted by Gasteiger charge is -2.08. The maximum absolute atomic E-state index is 13.3. The van der Waals surface area contributed by atoms with Gasteiger partial charge < -0.3 is 9.88 Å². The second-order valence-electron chi connectivity index (χ2n) is 6.52. The van der Waals surface area contributed by atoms with Gasteiger partial charge in [-0.05, 0) is 36.1 Å². The summed E-state index contributed by atoms with van der Waals surface area (Å²) in [4.78, 5) is 22.5. The number of thioether (sulfide) groups is 1. The molecule has 0 unspecified atom stereocenters. The molecular weight excluding hydrogens is 407 g/mol. The third-order valence-corrected chi connectivity index (χ3v) is 5.84. The van der Waals surface area contributed by atoms with Gasteiger partial charge in [0.25, 0.3) is 0 Å². The van der Waals surface area contributed by atoms with Crippen LogP contribution < -0.4 is 5.32 Å². The van der Waals surface area contributed by atoms with Gasteiger partial charge in [0.1, 0.15) is 18.2 Å². The Kier molecular flexibility index (Phi) is 5.92. The first-order valence-corrected chi connectivity index (χ1v) is 11.3. The lowest BCUT2D eigenvalue weighted by atomic mass is 10.1. The molecule has 4 aromatic rings. The van der Waals surface area contributed by atoms with Crippen molar-refractivity contribution in [3.8, 4) is 0 Å². The monoisotopic (exact) mass is 426 g/mol. The van der Waals surface area contributed by atoms with Crippen LogP contribution in [0.3, 0.4) is 0 Å². The minimum absolute atomic E-state index is 0.151. The molecule has 1 N–H and O–H groups in total. The number of thiazole rings is 1. The molecule has 8 heteroatoms. The molecule has 4 rings (SSSR count). The van der Waals surface area contributed by atoms with Gasteiger partial charge in [-0.25, -0.2) is 14.4 Å². The van der Waals surface area contributed by atoms with Gasteiger partial charge in [-0.3, -0.25) is 4.79 Å². The molecule has 2 aromatic heterocycles. The molecule has 0 radical (unpaired) electrons. The van der Waals surface area contributed by atoms with Crippen molar-refractivity contribution in [2.24, 2.45) is 0 Å². The van der Waals surface area contributed by atoms with Crippen molar-refractivity contribution >= 4 is 45.2 Å². The van der Waals surface area contributed by atoms with E-state index in [1.165, 1.54) is 23.5 Å². The van der Waals surface area contributed by atoms with Crippen molar-refractivity contribution in [3.05, 3.63) is 76.8 Å². The van der Waals surface area contributed by atoms with Gasteiger partial charge in [-0.1, -0.05) is 24.3 Å². The molecule has 0 aliphatic rings. The first kappa shape index (κ1) is 19.6. The average molecular weight is 427 g/mol. The number of anilines is 1. The summed E-state index contributed by atoms with van der Waals surface area (Å²) in [5.74, 6) is 1.20. The third kappa shape index (κ3) is 4.65. The quantitative estimate of drug-likeness (QED) is 0.464. The van der Waals surface area contributed by atoms with E-state index in [1.807, 2.05) is 41.2 Å². The van der Waals surface area contributed by atoms with Gasteiger partial charge in [0.2, 0.25) is 5.91 Å². The Morgan fingerprint density at radius 3 is 2.93 bits per heavy atom. The Hall–Kier alpha value is -2.71. The van der Waals surface area contributed by atoms with Crippen LogP contribution in [0.15, 0.2) is 54.7 Å². The maximum atomic E-state index is 13.3. The van der Waals surface area contributed by atoms with Crippen molar-refractivity contribution < 1.29 is 9.18 Å². The third-order valence-electron chi connectivity index (χ3n) is 4.38. The first-order chi connectivity index (χ1) is 14.1. The summed E-state index contributed by atoms with van der Waals surface area (Å²) in [7, 11) is 0. The van der Waals surface area contributed by atoms with E-state index in [1.54, 1.807) is 24.0 Å². The van der Waals surface area contributed by atoms with Crippen molar-refractivity contribution in [2.75, 3.05) is 11.6 Å². The number of imidazole rings is 1. The number of fused-ring (bicyclic) bond motifs is 1. The number of carbonyl (C=O) groups excluding carboxylic acids is 1. The number of halogens is 1. The molecule has 0 atom stereocenters. The van der Waals surface area contributed by atoms with Gasteiger partial charge in [0.05, 0.1) is 16.8 Å². The highest BCUT2D eigenvalue weighted by Gasteiger charge is 2.14. The van der Waals surface area contributed by atoms with Crippen LogP contribution in [0.25, 0.3) is 11.0 Å². The fourth-order valence-electron chi connectivity index (χ4n) is 3.14. The van der Waals surface area contributed by atoms with E-state index in [-0.39, 0.29) is 18.3 Å². The Morgan fingerprint density at radius 1 is 1.24 bits per heavy atom. The molecule has 148 valence electrons. The fraction of sp³-hybridized carbons (Fsp3) is 0.190. The van der Waals surface area contributed by atoms with Crippen LogP contribution in [0.5, 0.6) is 0 Å². The highest BCUT2D eigenvalue weighted by molar-refractivity contribution is 7.97. The SMILES string of the molecule is CSCc1nc2ccccc2n1CC(=O)Nc1ncc(Cc2cccc(F)c2)s1. The summed E-state index contributed by atoms with van der Waals surface area (Å²) in [6.45, 7) is 0.176. The number of rotatable bonds is 7. The molecule has 1 amide bonds. The van der Waals surface area contributed by atoms with Gasteiger partial charge in [-0.2, -0.15) is 11.8 Å². The van der Waals surface area contributed by atoms with Crippen molar-refractivity contribution in [1.29, 1.82) is 0 Å². The lowest BCUT2D eigenvalue weighted by Crippen LogP contribution is -2.19. The van der Waals surface area contributed by atoms with E-state index in [0.717, 1.165) is 33.1 Å². The Labute approximate surface area is 176 Å². The molecule has 0 fully saturated rings. The Bertz CT molecular complexity index is 1150. The fourth-order valence-corrected chi connectivity index (χ4v) is 4.48. The summed E-state index contributed by atoms with van der Waals surface area (Å²) in [6.07, 6.45) is 4.31. The molecule has 0 bridgehead atoms. The highest BCUT2D eigenvalue weighted by atomic mass is 32.2. The van der Waals surface area contributed by atoms with Crippen LogP contribution in [0.1, 0.15) is 16.3 Å². The number of aromatic nitrogens is 3. The summed E-state index contributed by atoms with van der Waals surface area (Å²) in [6, 6.07) is 14.3. The maximum Gasteiger partial charge on any atom is 0.246 e. The van der Waals surface area contributed by atoms with Crippen LogP contribution in [-0.2, 0) is 23.5 Å². The number of hydrogen-bond acceptors (Lipinski definition) is 5. The predicted octanol–water partition coefficient (Wildman–Crippen LogP) is 4.72. The minimum Gasteiger partial charge on any atom is -0.318 e. The minimum atomic E-state index is -0.255. The number of amides is 1. The first-order valence-electron chi connectivity index (χ1n) is 9.04. The second kappa shape index (κ2) is 8.75. The van der Waals surface area contributed by atoms with Crippen molar-refractivity contribution in [1.82, 2.24) is 14.5 Å². The number of para-hydroxylation sites is 2. The van der Waals surface area contributed by atoms with Gasteiger partial charge >= 0.3 is 0 Å². The Morgan fingerprint density at radius 2 is 2.10 bits per heavy atom. The van der Waals surface area contributed by atoms with Gasteiger partial charge in [-0.15, -0.1) is 11.3 Å². The van der Waals surface area contributed by atoms with E-state index in [9.17, 15) is 9.18 Å². The zero-order valence-corrected chi connectivity index (χ0v) is 17.4. The normalized spacial score (nSPS) is 11.1. The van der Waals surface area contributed by atoms with E-state index in [4.69, 9.17) is 0 Å². The predicted molar refractivity (Wildman–Crippen MR) is 117 cm³/mol. The van der Waals surface area contributed by atoms with E-state index in [2.05, 4.69) is 15.3 Å². The summed E-state index contributed by atoms with van der Waals surface area (Å²) in [5, 5.41) is 3.41. The largest absolute Gasteiger partial charge is 0.318 e. The summed E-state index contributed by atoms with van der Waals surface area (Å²) in [5.41, 5.74) is 2.70. The van der Waals surface area contributed by atoms with E-state index >= 15 is 0 Å². The van der Waals surface area contributed by atoms with Crippen LogP contribution >= 0.6 is 23.1 Å². The number of carbonyl (C=O) groups is 1. The average Bonchev–Trinajstić information content (AvgIpc) is 3.27. The van der Waals surface area contributed by atoms with E-state index in [0.29, 0.717) is 11.6 Å². The molecule has 0 aliphatic heterocycles. The molecule has 0 saturated heterocycles. The zero-order chi connectivity index (χ0) is 20.2. The van der Waals surface area contributed by atoms with Crippen molar-refractivity contribution in [3.63, 3.8) is 0 Å². The number of nitrogens with zero attached hydrogens (tertiary/aromatic N) is 3. The van der Waals surface area contributed by atoms with Gasteiger partial charge in [0, 0.05) is 17.5 Å². The summed E-state index contributed by atoms with van der Waals surface area (Å²) >= 11 is 3.07. The molecule has 0 saturated carbocycles. The Balaban J connectivity index is 1.46. The number of hydrogen-bond donors (Lipinski definition) is 1. The molecular formula is C21H19FN4OS2. The smallest absolute Gasteiger partial charge is 0.246 e. The number of benzene rings is 2. The second-order valence-corrected chi connectivity index (χ2v) is 8.50. The molecule has 5 nitrogen and oxygen atoms in total. The van der Waals surface area contributed by atoms with Crippen molar-refractivity contribution in [2.45, 2.75) is 18.7 Å². The van der Waals surface area contributed by atoms with E-state index < -0.39 is 0 Å². The molecule has 2 aromatic carbocycles. The molecule has 2 heterocycles. The van der Waals surface area contributed by atoms with Crippen LogP contribution in [-0.4, -0.2) is 26.7 Å². The molecule has 0 aliphatic carbocycles. The standard InChI is InChI=1S/C21H19FN4OS2/c1-28-13-19-24-17-7-2-3-8-18(17)26(19)12-20(27)25-21-23-11-16(29-21)10-14-5-4-6-15(22)9-14/h2-9,11H,10,12-13H2,1H3,(H,23,25,27). The molecule has 29 heavy (non-hydrogen) atoms. The van der Waals surface area contributed by atoms with Crippen LogP contribution in [0, 0.1) is 5.82 Å². The lowest BCUT2D eigenvalue weighted by molar-refractivity contribution is -0.116. The zero-order valence-electron chi connectivity index (χ0n) is 15.8. The van der Waals surface area contributed by atoms with Gasteiger partial charge in [0.15, 0.2) is 5.13 Å². The van der Waals surface area contributed by atoms with Crippen LogP contribution in [0.4, 0.5) is 9.52 Å². The van der Waals surface area contributed by atoms with Crippen LogP contribution in [0.2, 0.25) is 0 Å². The number of nitrogens with one attached hydrogen (secondary N) is 1. The summed E-state index contributed by atoms with van der Waals surface area (Å²) < 4.78 is 15.3. The highest BCUT2D eigenvalue weighted by Crippen LogP contribution is 2.23. The topological polar surface area (TPSA) is 59.8 Å².